The van der Waals surface area contributed by atoms with Crippen molar-refractivity contribution in [2.24, 2.45) is 0 Å². The monoisotopic (exact) mass is 413 g/mol. The molecule has 29 heavy (non-hydrogen) atoms. The van der Waals surface area contributed by atoms with Crippen molar-refractivity contribution in [1.82, 2.24) is 14.8 Å². The normalized spacial score (nSPS) is 17.9. The lowest BCUT2D eigenvalue weighted by Crippen LogP contribution is -2.49. The summed E-state index contributed by atoms with van der Waals surface area (Å²) in [4.78, 5) is 26.6. The highest BCUT2D eigenvalue weighted by Gasteiger charge is 2.28. The number of hydrogen-bond acceptors (Lipinski definition) is 5. The molecule has 2 aliphatic rings. The van der Waals surface area contributed by atoms with Crippen LogP contribution in [-0.2, 0) is 0 Å². The van der Waals surface area contributed by atoms with Crippen LogP contribution in [0.15, 0.2) is 30.5 Å². The highest BCUT2D eigenvalue weighted by atomic mass is 35.5. The van der Waals surface area contributed by atoms with E-state index in [-0.39, 0.29) is 5.91 Å². The van der Waals surface area contributed by atoms with E-state index in [4.69, 9.17) is 11.6 Å². The zero-order valence-corrected chi connectivity index (χ0v) is 18.1. The molecule has 0 unspecified atom stereocenters. The first-order valence-electron chi connectivity index (χ1n) is 10.1. The Bertz CT molecular complexity index is 910. The highest BCUT2D eigenvalue weighted by Crippen LogP contribution is 2.28. The van der Waals surface area contributed by atoms with Crippen LogP contribution >= 0.6 is 11.6 Å². The number of hydrogen-bond donors (Lipinski definition) is 0. The molecule has 6 nitrogen and oxygen atoms in total. The number of carbonyl (C=O) groups is 1. The van der Waals surface area contributed by atoms with Gasteiger partial charge in [-0.2, -0.15) is 0 Å². The van der Waals surface area contributed by atoms with Crippen molar-refractivity contribution in [3.05, 3.63) is 52.2 Å². The third kappa shape index (κ3) is 4.19. The minimum absolute atomic E-state index is 0.0828. The van der Waals surface area contributed by atoms with E-state index >= 15 is 0 Å². The number of carbonyl (C=O) groups excluding carboxylic acids is 1. The summed E-state index contributed by atoms with van der Waals surface area (Å²) in [5.74, 6) is 1.11. The Morgan fingerprint density at radius 1 is 1.00 bits per heavy atom. The minimum atomic E-state index is 0.0828. The van der Waals surface area contributed by atoms with Crippen LogP contribution < -0.4 is 9.80 Å². The largest absolute Gasteiger partial charge is 0.357 e. The van der Waals surface area contributed by atoms with Crippen molar-refractivity contribution < 1.29 is 4.79 Å². The summed E-state index contributed by atoms with van der Waals surface area (Å²) in [6.45, 7) is 9.82. The molecule has 0 radical (unpaired) electrons. The van der Waals surface area contributed by atoms with Crippen molar-refractivity contribution in [3.63, 3.8) is 0 Å². The third-order valence-corrected chi connectivity index (χ3v) is 5.98. The summed E-state index contributed by atoms with van der Waals surface area (Å²) in [6.07, 6.45) is 1.91. The number of benzene rings is 1. The first kappa shape index (κ1) is 20.0. The van der Waals surface area contributed by atoms with E-state index in [1.165, 1.54) is 11.1 Å². The van der Waals surface area contributed by atoms with Crippen molar-refractivity contribution in [2.45, 2.75) is 13.8 Å². The Hall–Kier alpha value is -2.31. The smallest absolute Gasteiger partial charge is 0.256 e. The topological polar surface area (TPSA) is 42.9 Å². The molecule has 154 valence electrons. The van der Waals surface area contributed by atoms with Gasteiger partial charge in [0.2, 0.25) is 0 Å². The van der Waals surface area contributed by atoms with Crippen LogP contribution in [0.4, 0.5) is 11.5 Å². The van der Waals surface area contributed by atoms with Crippen LogP contribution in [0.3, 0.4) is 0 Å². The summed E-state index contributed by atoms with van der Waals surface area (Å²) >= 11 is 6.26. The van der Waals surface area contributed by atoms with Crippen molar-refractivity contribution in [3.8, 4) is 0 Å². The molecular weight excluding hydrogens is 386 g/mol. The summed E-state index contributed by atoms with van der Waals surface area (Å²) in [5, 5.41) is 0.664. The summed E-state index contributed by atoms with van der Waals surface area (Å²) < 4.78 is 0. The fourth-order valence-electron chi connectivity index (χ4n) is 4.20. The molecule has 1 aromatic carbocycles. The molecule has 1 amide bonds. The van der Waals surface area contributed by atoms with Gasteiger partial charge in [-0.1, -0.05) is 17.7 Å². The predicted octanol–water partition coefficient (Wildman–Crippen LogP) is 3.02. The van der Waals surface area contributed by atoms with Gasteiger partial charge in [-0.3, -0.25) is 9.69 Å². The van der Waals surface area contributed by atoms with Gasteiger partial charge in [-0.25, -0.2) is 4.98 Å². The number of anilines is 2. The summed E-state index contributed by atoms with van der Waals surface area (Å²) in [6, 6.07) is 7.76. The number of likely N-dealkylation sites (N-methyl/N-ethyl adjacent to an activating group) is 1. The fourth-order valence-corrected chi connectivity index (χ4v) is 4.37. The van der Waals surface area contributed by atoms with E-state index in [1.807, 2.05) is 29.3 Å². The van der Waals surface area contributed by atoms with Crippen LogP contribution in [0, 0.1) is 13.8 Å². The van der Waals surface area contributed by atoms with Crippen LogP contribution in [0.5, 0.6) is 0 Å². The summed E-state index contributed by atoms with van der Waals surface area (Å²) in [5.41, 5.74) is 4.03. The Labute approximate surface area is 177 Å². The zero-order chi connectivity index (χ0) is 20.5. The van der Waals surface area contributed by atoms with E-state index in [0.717, 1.165) is 49.9 Å². The number of piperazine rings is 1. The van der Waals surface area contributed by atoms with Crippen molar-refractivity contribution >= 4 is 29.0 Å². The lowest BCUT2D eigenvalue weighted by molar-refractivity contribution is 0.0747. The maximum atomic E-state index is 13.3. The minimum Gasteiger partial charge on any atom is -0.357 e. The lowest BCUT2D eigenvalue weighted by atomic mass is 10.1. The van der Waals surface area contributed by atoms with Gasteiger partial charge >= 0.3 is 0 Å². The third-order valence-electron chi connectivity index (χ3n) is 5.75. The Balaban J connectivity index is 1.49. The van der Waals surface area contributed by atoms with E-state index in [9.17, 15) is 4.79 Å². The maximum Gasteiger partial charge on any atom is 0.256 e. The van der Waals surface area contributed by atoms with Crippen LogP contribution in [0.2, 0.25) is 5.02 Å². The van der Waals surface area contributed by atoms with Crippen molar-refractivity contribution in [1.29, 1.82) is 0 Å². The van der Waals surface area contributed by atoms with Gasteiger partial charge in [-0.05, 0) is 50.2 Å². The first-order valence-corrected chi connectivity index (χ1v) is 10.5. The Kier molecular flexibility index (Phi) is 5.65. The molecule has 0 spiro atoms. The van der Waals surface area contributed by atoms with Crippen LogP contribution in [0.25, 0.3) is 0 Å². The average Bonchev–Trinajstić information content (AvgIpc) is 3.14. The zero-order valence-electron chi connectivity index (χ0n) is 17.4. The number of aryl methyl sites for hydroxylation is 2. The summed E-state index contributed by atoms with van der Waals surface area (Å²) in [7, 11) is 2.09. The molecule has 0 N–H and O–H groups in total. The second kappa shape index (κ2) is 8.20. The van der Waals surface area contributed by atoms with Crippen LogP contribution in [-0.4, -0.2) is 73.7 Å². The molecule has 0 saturated carbocycles. The average molecular weight is 414 g/mol. The van der Waals surface area contributed by atoms with Gasteiger partial charge in [0.25, 0.3) is 5.91 Å². The molecule has 0 bridgehead atoms. The molecule has 4 rings (SSSR count). The molecular formula is C22H28ClN5O. The van der Waals surface area contributed by atoms with E-state index < -0.39 is 0 Å². The first-order chi connectivity index (χ1) is 13.9. The van der Waals surface area contributed by atoms with E-state index in [2.05, 4.69) is 46.6 Å². The molecule has 2 aliphatic heterocycles. The number of rotatable bonds is 3. The van der Waals surface area contributed by atoms with Gasteiger partial charge in [0.15, 0.2) is 0 Å². The van der Waals surface area contributed by atoms with Gasteiger partial charge < -0.3 is 14.7 Å². The predicted molar refractivity (Wildman–Crippen MR) is 118 cm³/mol. The second-order valence-electron chi connectivity index (χ2n) is 8.08. The van der Waals surface area contributed by atoms with Crippen LogP contribution in [0.1, 0.15) is 21.5 Å². The molecule has 3 heterocycles. The quantitative estimate of drug-likeness (QED) is 0.773. The van der Waals surface area contributed by atoms with Gasteiger partial charge in [0, 0.05) is 50.5 Å². The van der Waals surface area contributed by atoms with Gasteiger partial charge in [-0.15, -0.1) is 0 Å². The highest BCUT2D eigenvalue weighted by molar-refractivity contribution is 6.31. The molecule has 2 fully saturated rings. The molecule has 0 aliphatic carbocycles. The van der Waals surface area contributed by atoms with Gasteiger partial charge in [0.1, 0.15) is 5.82 Å². The number of amides is 1. The van der Waals surface area contributed by atoms with Gasteiger partial charge in [0.05, 0.1) is 17.9 Å². The second-order valence-corrected chi connectivity index (χ2v) is 8.51. The Morgan fingerprint density at radius 2 is 1.72 bits per heavy atom. The fraction of sp³-hybridized carbons (Fsp3) is 0.455. The molecule has 0 atom stereocenters. The van der Waals surface area contributed by atoms with E-state index in [1.54, 1.807) is 0 Å². The maximum absolute atomic E-state index is 13.3. The molecule has 7 heteroatoms. The lowest BCUT2D eigenvalue weighted by Gasteiger charge is -2.36. The van der Waals surface area contributed by atoms with Crippen molar-refractivity contribution in [2.75, 3.05) is 62.8 Å². The number of halogens is 1. The number of aromatic nitrogens is 1. The number of nitrogens with zero attached hydrogens (tertiary/aromatic N) is 5. The van der Waals surface area contributed by atoms with E-state index in [0.29, 0.717) is 18.1 Å². The molecule has 2 saturated heterocycles. The SMILES string of the molecule is Cc1cnc(N2CCN(C(=O)c3ccc(Cl)cc3N3CCN(C)C3)CC2)c(C)c1. The number of pyridine rings is 1. The standard InChI is InChI=1S/C22H28ClN5O/c1-16-12-17(2)21(24-14-16)26-8-10-27(11-9-26)22(29)19-5-4-18(23)13-20(19)28-7-6-25(3)15-28/h4-5,12-14H,6-11,15H2,1-3H3. The Morgan fingerprint density at radius 3 is 2.38 bits per heavy atom. The molecule has 1 aromatic heterocycles. The molecule has 2 aromatic rings.